The second-order valence-electron chi connectivity index (χ2n) is 3.85. The Hall–Kier alpha value is -1.50. The highest BCUT2D eigenvalue weighted by Crippen LogP contribution is 2.34. The van der Waals surface area contributed by atoms with E-state index in [0.29, 0.717) is 12.1 Å². The summed E-state index contributed by atoms with van der Waals surface area (Å²) in [5, 5.41) is 0. The molecule has 0 N–H and O–H groups in total. The van der Waals surface area contributed by atoms with Crippen LogP contribution in [-0.4, -0.2) is 34.3 Å². The molecule has 0 aliphatic rings. The lowest BCUT2D eigenvalue weighted by Gasteiger charge is -2.25. The maximum absolute atomic E-state index is 12.6. The molecule has 0 radical (unpaired) electrons. The first-order chi connectivity index (χ1) is 9.68. The maximum Gasteiger partial charge on any atom is 0.517 e. The summed E-state index contributed by atoms with van der Waals surface area (Å²) >= 11 is 0. The quantitative estimate of drug-likeness (QED) is 0.761. The molecule has 0 atom stereocenters. The van der Waals surface area contributed by atoms with E-state index in [1.54, 1.807) is 0 Å². The van der Waals surface area contributed by atoms with Crippen molar-refractivity contribution >= 4 is 25.7 Å². The largest absolute Gasteiger partial charge is 0.517 e. The van der Waals surface area contributed by atoms with Crippen LogP contribution in [0.5, 0.6) is 0 Å². The predicted molar refractivity (Wildman–Crippen MR) is 63.7 cm³/mol. The van der Waals surface area contributed by atoms with Gasteiger partial charge in [0.05, 0.1) is 5.69 Å². The zero-order chi connectivity index (χ0) is 17.4. The monoisotopic (exact) mass is 371 g/mol. The third-order valence-corrected chi connectivity index (χ3v) is 5.99. The number of para-hydroxylation sites is 1. The van der Waals surface area contributed by atoms with Crippen LogP contribution < -0.4 is 3.71 Å². The van der Waals surface area contributed by atoms with E-state index in [1.807, 2.05) is 0 Å². The van der Waals surface area contributed by atoms with Crippen molar-refractivity contribution in [1.82, 2.24) is 0 Å². The van der Waals surface area contributed by atoms with Crippen molar-refractivity contribution in [2.24, 2.45) is 0 Å². The first-order valence-electron chi connectivity index (χ1n) is 5.15. The third-order valence-electron chi connectivity index (χ3n) is 2.08. The van der Waals surface area contributed by atoms with Gasteiger partial charge in [0.1, 0.15) is 0 Å². The molecule has 22 heavy (non-hydrogen) atoms. The molecule has 126 valence electrons. The average Bonchev–Trinajstić information content (AvgIpc) is 2.24. The van der Waals surface area contributed by atoms with Gasteiger partial charge in [0, 0.05) is 0 Å². The molecular weight excluding hydrogens is 364 g/mol. The summed E-state index contributed by atoms with van der Waals surface area (Å²) in [4.78, 5) is 0. The van der Waals surface area contributed by atoms with Crippen molar-refractivity contribution in [1.29, 1.82) is 0 Å². The van der Waals surface area contributed by atoms with Crippen LogP contribution in [0.4, 0.5) is 32.0 Å². The van der Waals surface area contributed by atoms with Crippen LogP contribution in [-0.2, 0) is 20.0 Å². The molecule has 13 heteroatoms. The molecule has 0 aliphatic heterocycles. The van der Waals surface area contributed by atoms with Gasteiger partial charge in [-0.3, -0.25) is 0 Å². The zero-order valence-electron chi connectivity index (χ0n) is 10.3. The zero-order valence-corrected chi connectivity index (χ0v) is 11.9. The fourth-order valence-corrected chi connectivity index (χ4v) is 4.53. The highest BCUT2D eigenvalue weighted by atomic mass is 32.3. The van der Waals surface area contributed by atoms with Crippen LogP contribution in [0.15, 0.2) is 30.3 Å². The first-order valence-corrected chi connectivity index (χ1v) is 8.20. The number of benzene rings is 1. The standard InChI is InChI=1S/C9H7F6NO4S2/c10-8(11,12)6-21(17,18)16(7-4-2-1-3-5-7)22(19,20)9(13,14)15/h1-5H,6H2. The molecule has 0 unspecified atom stereocenters. The van der Waals surface area contributed by atoms with Gasteiger partial charge in [0.2, 0.25) is 0 Å². The van der Waals surface area contributed by atoms with E-state index in [2.05, 4.69) is 0 Å². The molecule has 1 rings (SSSR count). The number of sulfonamides is 2. The Bertz CT molecular complexity index is 724. The summed E-state index contributed by atoms with van der Waals surface area (Å²) in [7, 11) is -12.4. The van der Waals surface area contributed by atoms with Gasteiger partial charge in [-0.25, -0.2) is 8.42 Å². The average molecular weight is 371 g/mol. The van der Waals surface area contributed by atoms with Crippen LogP contribution >= 0.6 is 0 Å². The molecular formula is C9H7F6NO4S2. The molecule has 0 aromatic heterocycles. The highest BCUT2D eigenvalue weighted by Gasteiger charge is 2.55. The van der Waals surface area contributed by atoms with Gasteiger partial charge in [0.25, 0.3) is 10.0 Å². The van der Waals surface area contributed by atoms with Gasteiger partial charge in [-0.15, -0.1) is 0 Å². The molecule has 0 amide bonds. The van der Waals surface area contributed by atoms with Gasteiger partial charge in [-0.05, 0) is 12.1 Å². The van der Waals surface area contributed by atoms with E-state index in [-0.39, 0.29) is 0 Å². The number of anilines is 1. The van der Waals surface area contributed by atoms with Gasteiger partial charge in [-0.2, -0.15) is 38.5 Å². The van der Waals surface area contributed by atoms with Crippen molar-refractivity contribution in [3.63, 3.8) is 0 Å². The van der Waals surface area contributed by atoms with Crippen molar-refractivity contribution in [3.05, 3.63) is 30.3 Å². The Labute approximate surface area is 121 Å². The van der Waals surface area contributed by atoms with Gasteiger partial charge in [-0.1, -0.05) is 18.2 Å². The first kappa shape index (κ1) is 18.5. The van der Waals surface area contributed by atoms with Crippen LogP contribution in [0.25, 0.3) is 0 Å². The summed E-state index contributed by atoms with van der Waals surface area (Å²) < 4.78 is 119. The molecule has 1 aromatic carbocycles. The van der Waals surface area contributed by atoms with E-state index in [4.69, 9.17) is 0 Å². The van der Waals surface area contributed by atoms with Crippen molar-refractivity contribution in [3.8, 4) is 0 Å². The fraction of sp³-hybridized carbons (Fsp3) is 0.333. The molecule has 0 saturated heterocycles. The maximum atomic E-state index is 12.6. The van der Waals surface area contributed by atoms with E-state index in [1.165, 1.54) is 6.07 Å². The Balaban J connectivity index is 3.58. The molecule has 0 saturated carbocycles. The third kappa shape index (κ3) is 4.03. The van der Waals surface area contributed by atoms with E-state index in [9.17, 15) is 43.2 Å². The Kier molecular flexibility index (Phi) is 4.73. The summed E-state index contributed by atoms with van der Waals surface area (Å²) in [6, 6.07) is 4.39. The molecule has 0 fully saturated rings. The Morgan fingerprint density at radius 3 is 1.68 bits per heavy atom. The van der Waals surface area contributed by atoms with Crippen LogP contribution in [0.2, 0.25) is 0 Å². The lowest BCUT2D eigenvalue weighted by Crippen LogP contribution is -2.47. The lowest BCUT2D eigenvalue weighted by molar-refractivity contribution is -0.106. The fourth-order valence-electron chi connectivity index (χ4n) is 1.36. The SMILES string of the molecule is O=S(=O)(CC(F)(F)F)N(c1ccccc1)S(=O)(=O)C(F)(F)F. The Morgan fingerprint density at radius 1 is 0.864 bits per heavy atom. The van der Waals surface area contributed by atoms with Crippen LogP contribution in [0, 0.1) is 0 Å². The molecule has 1 aromatic rings. The van der Waals surface area contributed by atoms with Crippen LogP contribution in [0.3, 0.4) is 0 Å². The lowest BCUT2D eigenvalue weighted by atomic mass is 10.3. The molecule has 0 heterocycles. The smallest absolute Gasteiger partial charge is 0.205 e. The predicted octanol–water partition coefficient (Wildman–Crippen LogP) is 2.23. The number of nitrogens with zero attached hydrogens (tertiary/aromatic N) is 1. The Morgan fingerprint density at radius 2 is 1.32 bits per heavy atom. The number of hydrogen-bond acceptors (Lipinski definition) is 4. The van der Waals surface area contributed by atoms with E-state index < -0.39 is 46.9 Å². The molecule has 5 nitrogen and oxygen atoms in total. The minimum atomic E-state index is -6.58. The van der Waals surface area contributed by atoms with E-state index >= 15 is 0 Å². The van der Waals surface area contributed by atoms with Crippen LogP contribution in [0.1, 0.15) is 0 Å². The van der Waals surface area contributed by atoms with E-state index in [0.717, 1.165) is 12.1 Å². The number of halogens is 6. The topological polar surface area (TPSA) is 71.5 Å². The minimum absolute atomic E-state index is 0.622. The molecule has 0 aliphatic carbocycles. The second-order valence-corrected chi connectivity index (χ2v) is 7.68. The summed E-state index contributed by atoms with van der Waals surface area (Å²) in [5.41, 5.74) is -7.18. The molecule has 0 spiro atoms. The minimum Gasteiger partial charge on any atom is -0.205 e. The van der Waals surface area contributed by atoms with Crippen molar-refractivity contribution in [2.75, 3.05) is 9.46 Å². The van der Waals surface area contributed by atoms with Crippen molar-refractivity contribution in [2.45, 2.75) is 11.7 Å². The van der Waals surface area contributed by atoms with Gasteiger partial charge >= 0.3 is 21.7 Å². The van der Waals surface area contributed by atoms with Crippen molar-refractivity contribution < 1.29 is 43.2 Å². The summed E-state index contributed by atoms with van der Waals surface area (Å²) in [6.07, 6.45) is -5.42. The number of hydrogen-bond donors (Lipinski definition) is 0. The molecule has 0 bridgehead atoms. The normalized spacial score (nSPS) is 13.9. The summed E-state index contributed by atoms with van der Waals surface area (Å²) in [5.74, 6) is -2.76. The second kappa shape index (κ2) is 5.61. The van der Waals surface area contributed by atoms with Gasteiger partial charge in [0.15, 0.2) is 5.75 Å². The number of rotatable bonds is 4. The summed E-state index contributed by atoms with van der Waals surface area (Å²) in [6.45, 7) is 0. The number of alkyl halides is 6. The highest BCUT2D eigenvalue weighted by molar-refractivity contribution is 8.10. The van der Waals surface area contributed by atoms with Gasteiger partial charge < -0.3 is 0 Å².